The van der Waals surface area contributed by atoms with Gasteiger partial charge in [-0.05, 0) is 32.4 Å². The van der Waals surface area contributed by atoms with E-state index in [1.807, 2.05) is 0 Å². The number of nitrogens with one attached hydrogen (secondary N) is 1. The molecule has 0 unspecified atom stereocenters. The summed E-state index contributed by atoms with van der Waals surface area (Å²) in [4.78, 5) is 0. The van der Waals surface area contributed by atoms with Gasteiger partial charge in [0.15, 0.2) is 0 Å². The molecule has 0 bridgehead atoms. The van der Waals surface area contributed by atoms with Gasteiger partial charge in [0.05, 0.1) is 0 Å². The van der Waals surface area contributed by atoms with Crippen molar-refractivity contribution in [2.45, 2.75) is 32.6 Å². The standard InChI is InChI=1S/C8H19NO.H2O/c1-2-3-6-9-7-4-5-8-10;/h9-10H,2-8H2,1H3;1H2. The Kier molecular flexibility index (Phi) is 15.4. The molecular formula is C8H21NO2. The molecule has 3 heteroatoms. The summed E-state index contributed by atoms with van der Waals surface area (Å²) in [5.41, 5.74) is 0. The number of hydrogen-bond acceptors (Lipinski definition) is 2. The van der Waals surface area contributed by atoms with Gasteiger partial charge in [0, 0.05) is 6.61 Å². The van der Waals surface area contributed by atoms with Crippen molar-refractivity contribution in [3.63, 3.8) is 0 Å². The van der Waals surface area contributed by atoms with Crippen LogP contribution in [0.5, 0.6) is 0 Å². The van der Waals surface area contributed by atoms with Crippen LogP contribution in [0.2, 0.25) is 0 Å². The smallest absolute Gasteiger partial charge is 0.0431 e. The molecule has 0 aliphatic carbocycles. The van der Waals surface area contributed by atoms with Gasteiger partial charge < -0.3 is 15.9 Å². The van der Waals surface area contributed by atoms with Crippen LogP contribution in [0.4, 0.5) is 0 Å². The molecule has 0 rings (SSSR count). The van der Waals surface area contributed by atoms with Gasteiger partial charge in [0.1, 0.15) is 0 Å². The molecular weight excluding hydrogens is 142 g/mol. The van der Waals surface area contributed by atoms with E-state index in [0.717, 1.165) is 25.9 Å². The maximum absolute atomic E-state index is 8.44. The van der Waals surface area contributed by atoms with Crippen LogP contribution >= 0.6 is 0 Å². The Labute approximate surface area is 69.1 Å². The Balaban J connectivity index is 0. The third-order valence-corrected chi connectivity index (χ3v) is 1.47. The van der Waals surface area contributed by atoms with Crippen LogP contribution in [-0.2, 0) is 0 Å². The monoisotopic (exact) mass is 163 g/mol. The van der Waals surface area contributed by atoms with Gasteiger partial charge in [0.25, 0.3) is 0 Å². The number of rotatable bonds is 7. The molecule has 0 aromatic heterocycles. The Hall–Kier alpha value is -0.120. The molecule has 0 saturated heterocycles. The molecule has 0 amide bonds. The predicted octanol–water partition coefficient (Wildman–Crippen LogP) is 0.324. The van der Waals surface area contributed by atoms with Crippen LogP contribution in [0.25, 0.3) is 0 Å². The zero-order valence-corrected chi connectivity index (χ0v) is 7.40. The minimum absolute atomic E-state index is 0. The van der Waals surface area contributed by atoms with Crippen molar-refractivity contribution in [3.05, 3.63) is 0 Å². The molecule has 11 heavy (non-hydrogen) atoms. The Morgan fingerprint density at radius 2 is 1.73 bits per heavy atom. The van der Waals surface area contributed by atoms with Gasteiger partial charge in [0.2, 0.25) is 0 Å². The maximum atomic E-state index is 8.44. The van der Waals surface area contributed by atoms with Crippen LogP contribution in [-0.4, -0.2) is 30.3 Å². The molecule has 0 aliphatic rings. The average molecular weight is 163 g/mol. The first-order valence-corrected chi connectivity index (χ1v) is 4.23. The molecule has 3 nitrogen and oxygen atoms in total. The van der Waals surface area contributed by atoms with Gasteiger partial charge in [-0.2, -0.15) is 0 Å². The van der Waals surface area contributed by atoms with Gasteiger partial charge in [-0.3, -0.25) is 0 Å². The van der Waals surface area contributed by atoms with E-state index in [1.54, 1.807) is 0 Å². The molecule has 0 heterocycles. The summed E-state index contributed by atoms with van der Waals surface area (Å²) in [6.45, 7) is 4.70. The van der Waals surface area contributed by atoms with Crippen molar-refractivity contribution >= 4 is 0 Å². The van der Waals surface area contributed by atoms with Crippen molar-refractivity contribution in [2.24, 2.45) is 0 Å². The zero-order valence-electron chi connectivity index (χ0n) is 7.40. The lowest BCUT2D eigenvalue weighted by Gasteiger charge is -2.01. The van der Waals surface area contributed by atoms with E-state index in [9.17, 15) is 0 Å². The van der Waals surface area contributed by atoms with E-state index in [2.05, 4.69) is 12.2 Å². The van der Waals surface area contributed by atoms with Crippen molar-refractivity contribution in [1.29, 1.82) is 0 Å². The third-order valence-electron chi connectivity index (χ3n) is 1.47. The van der Waals surface area contributed by atoms with Crippen molar-refractivity contribution in [1.82, 2.24) is 5.32 Å². The molecule has 0 fully saturated rings. The average Bonchev–Trinajstić information content (AvgIpc) is 1.97. The fraction of sp³-hybridized carbons (Fsp3) is 1.00. The van der Waals surface area contributed by atoms with E-state index in [-0.39, 0.29) is 5.48 Å². The number of unbranched alkanes of at least 4 members (excludes halogenated alkanes) is 2. The topological polar surface area (TPSA) is 63.8 Å². The van der Waals surface area contributed by atoms with E-state index in [1.165, 1.54) is 12.8 Å². The Morgan fingerprint density at radius 3 is 2.27 bits per heavy atom. The molecule has 0 saturated carbocycles. The summed E-state index contributed by atoms with van der Waals surface area (Å²) in [6, 6.07) is 0. The summed E-state index contributed by atoms with van der Waals surface area (Å²) in [5.74, 6) is 0. The first-order valence-electron chi connectivity index (χ1n) is 4.23. The van der Waals surface area contributed by atoms with E-state index in [0.29, 0.717) is 6.61 Å². The lowest BCUT2D eigenvalue weighted by Crippen LogP contribution is -2.16. The highest BCUT2D eigenvalue weighted by Crippen LogP contribution is 1.85. The Morgan fingerprint density at radius 1 is 1.09 bits per heavy atom. The fourth-order valence-corrected chi connectivity index (χ4v) is 0.789. The molecule has 70 valence electrons. The SMILES string of the molecule is CCCCNCCCCO.O. The fourth-order valence-electron chi connectivity index (χ4n) is 0.789. The second kappa shape index (κ2) is 12.5. The van der Waals surface area contributed by atoms with E-state index < -0.39 is 0 Å². The summed E-state index contributed by atoms with van der Waals surface area (Å²) in [6.07, 6.45) is 4.55. The van der Waals surface area contributed by atoms with Crippen LogP contribution in [0.15, 0.2) is 0 Å². The summed E-state index contributed by atoms with van der Waals surface area (Å²) < 4.78 is 0. The summed E-state index contributed by atoms with van der Waals surface area (Å²) in [5, 5.41) is 11.8. The highest BCUT2D eigenvalue weighted by molar-refractivity contribution is 4.46. The van der Waals surface area contributed by atoms with Gasteiger partial charge >= 0.3 is 0 Å². The zero-order chi connectivity index (χ0) is 7.66. The lowest BCUT2D eigenvalue weighted by atomic mass is 10.3. The lowest BCUT2D eigenvalue weighted by molar-refractivity contribution is 0.283. The quantitative estimate of drug-likeness (QED) is 0.531. The van der Waals surface area contributed by atoms with Crippen molar-refractivity contribution < 1.29 is 10.6 Å². The normalized spacial score (nSPS) is 9.27. The molecule has 0 radical (unpaired) electrons. The van der Waals surface area contributed by atoms with E-state index >= 15 is 0 Å². The molecule has 0 aliphatic heterocycles. The minimum atomic E-state index is 0. The Bertz CT molecular complexity index is 52.1. The van der Waals surface area contributed by atoms with Crippen LogP contribution in [0, 0.1) is 0 Å². The van der Waals surface area contributed by atoms with Crippen molar-refractivity contribution in [2.75, 3.05) is 19.7 Å². The molecule has 0 aromatic rings. The van der Waals surface area contributed by atoms with Crippen molar-refractivity contribution in [3.8, 4) is 0 Å². The number of aliphatic hydroxyl groups excluding tert-OH is 1. The molecule has 4 N–H and O–H groups in total. The van der Waals surface area contributed by atoms with Crippen LogP contribution in [0.3, 0.4) is 0 Å². The third kappa shape index (κ3) is 13.0. The minimum Gasteiger partial charge on any atom is -0.412 e. The highest BCUT2D eigenvalue weighted by atomic mass is 16.2. The maximum Gasteiger partial charge on any atom is 0.0431 e. The second-order valence-corrected chi connectivity index (χ2v) is 2.53. The van der Waals surface area contributed by atoms with Gasteiger partial charge in [-0.1, -0.05) is 13.3 Å². The molecule has 0 spiro atoms. The predicted molar refractivity (Wildman–Crippen MR) is 47.7 cm³/mol. The first kappa shape index (κ1) is 13.5. The first-order chi connectivity index (χ1) is 4.91. The van der Waals surface area contributed by atoms with Gasteiger partial charge in [-0.25, -0.2) is 0 Å². The molecule has 0 atom stereocenters. The highest BCUT2D eigenvalue weighted by Gasteiger charge is 1.85. The van der Waals surface area contributed by atoms with Gasteiger partial charge in [-0.15, -0.1) is 0 Å². The number of hydrogen-bond donors (Lipinski definition) is 2. The summed E-state index contributed by atoms with van der Waals surface area (Å²) >= 11 is 0. The number of aliphatic hydroxyl groups is 1. The second-order valence-electron chi connectivity index (χ2n) is 2.53. The summed E-state index contributed by atoms with van der Waals surface area (Å²) in [7, 11) is 0. The van der Waals surface area contributed by atoms with Crippen LogP contribution in [0.1, 0.15) is 32.6 Å². The largest absolute Gasteiger partial charge is 0.412 e. The molecule has 0 aromatic carbocycles. The van der Waals surface area contributed by atoms with E-state index in [4.69, 9.17) is 5.11 Å². The van der Waals surface area contributed by atoms with Crippen LogP contribution < -0.4 is 5.32 Å².